The summed E-state index contributed by atoms with van der Waals surface area (Å²) in [7, 11) is 3.89. The van der Waals surface area contributed by atoms with Gasteiger partial charge in [0.25, 0.3) is 0 Å². The summed E-state index contributed by atoms with van der Waals surface area (Å²) < 4.78 is 0. The lowest BCUT2D eigenvalue weighted by Gasteiger charge is -2.23. The minimum atomic E-state index is 0.288. The summed E-state index contributed by atoms with van der Waals surface area (Å²) in [6.45, 7) is 1.13. The fourth-order valence-electron chi connectivity index (χ4n) is 3.19. The van der Waals surface area contributed by atoms with Crippen molar-refractivity contribution >= 4 is 5.82 Å². The predicted octanol–water partition coefficient (Wildman–Crippen LogP) is 2.99. The van der Waals surface area contributed by atoms with E-state index in [0.717, 1.165) is 42.0 Å². The van der Waals surface area contributed by atoms with Crippen LogP contribution in [0.4, 0.5) is 5.82 Å². The van der Waals surface area contributed by atoms with Gasteiger partial charge in [0.1, 0.15) is 11.6 Å². The molecule has 0 spiro atoms. The summed E-state index contributed by atoms with van der Waals surface area (Å²) in [5.74, 6) is 1.10. The number of aryl methyl sites for hydroxylation is 1. The van der Waals surface area contributed by atoms with Gasteiger partial charge in [-0.15, -0.1) is 0 Å². The van der Waals surface area contributed by atoms with Crippen LogP contribution >= 0.6 is 0 Å². The largest absolute Gasteiger partial charge is 0.508 e. The highest BCUT2D eigenvalue weighted by molar-refractivity contribution is 5.63. The Bertz CT molecular complexity index is 681. The van der Waals surface area contributed by atoms with Crippen molar-refractivity contribution in [1.29, 1.82) is 0 Å². The highest BCUT2D eigenvalue weighted by Gasteiger charge is 2.13. The monoisotopic (exact) mass is 326 g/mol. The Labute approximate surface area is 143 Å². The lowest BCUT2D eigenvalue weighted by Crippen LogP contribution is -2.34. The number of aromatic nitrogens is 2. The van der Waals surface area contributed by atoms with E-state index in [0.29, 0.717) is 6.04 Å². The van der Waals surface area contributed by atoms with E-state index in [1.807, 2.05) is 25.1 Å². The Kier molecular flexibility index (Phi) is 5.30. The molecular formula is C19H26N4O. The number of benzene rings is 1. The second-order valence-corrected chi connectivity index (χ2v) is 6.73. The number of hydrogen-bond acceptors (Lipinski definition) is 5. The van der Waals surface area contributed by atoms with Crippen LogP contribution in [0.5, 0.6) is 5.75 Å². The quantitative estimate of drug-likeness (QED) is 0.884. The zero-order chi connectivity index (χ0) is 16.9. The maximum atomic E-state index is 10.1. The molecule has 5 heteroatoms. The number of nitrogens with zero attached hydrogens (tertiary/aromatic N) is 3. The molecule has 1 atom stereocenters. The van der Waals surface area contributed by atoms with E-state index < -0.39 is 0 Å². The second-order valence-electron chi connectivity index (χ2n) is 6.73. The number of anilines is 1. The third-order valence-electron chi connectivity index (χ3n) is 4.55. The summed E-state index contributed by atoms with van der Waals surface area (Å²) in [6, 6.07) is 6.33. The summed E-state index contributed by atoms with van der Waals surface area (Å²) in [6.07, 6.45) is 9.40. The van der Waals surface area contributed by atoms with E-state index in [1.54, 1.807) is 18.5 Å². The Morgan fingerprint density at radius 3 is 2.83 bits per heavy atom. The predicted molar refractivity (Wildman–Crippen MR) is 97.4 cm³/mol. The molecule has 1 saturated heterocycles. The fraction of sp³-hybridized carbons (Fsp3) is 0.474. The number of aromatic hydroxyl groups is 1. The minimum Gasteiger partial charge on any atom is -0.508 e. The van der Waals surface area contributed by atoms with Gasteiger partial charge in [-0.05, 0) is 56.0 Å². The average Bonchev–Trinajstić information content (AvgIpc) is 2.60. The van der Waals surface area contributed by atoms with E-state index >= 15 is 0 Å². The smallest absolute Gasteiger partial charge is 0.147 e. The molecule has 0 unspecified atom stereocenters. The molecule has 0 aliphatic carbocycles. The fourth-order valence-corrected chi connectivity index (χ4v) is 3.19. The third-order valence-corrected chi connectivity index (χ3v) is 4.55. The number of phenolic OH excluding ortho intramolecular Hbond substituents is 1. The molecule has 24 heavy (non-hydrogen) atoms. The number of hydrogen-bond donors (Lipinski definition) is 2. The van der Waals surface area contributed by atoms with Crippen molar-refractivity contribution in [2.75, 3.05) is 25.5 Å². The molecule has 0 radical (unpaired) electrons. The van der Waals surface area contributed by atoms with Crippen LogP contribution in [0.2, 0.25) is 0 Å². The maximum absolute atomic E-state index is 10.1. The Morgan fingerprint density at radius 1 is 1.21 bits per heavy atom. The van der Waals surface area contributed by atoms with Gasteiger partial charge in [-0.2, -0.15) is 0 Å². The highest BCUT2D eigenvalue weighted by atomic mass is 16.3. The molecule has 2 aromatic rings. The van der Waals surface area contributed by atoms with Crippen LogP contribution in [-0.4, -0.2) is 41.8 Å². The zero-order valence-electron chi connectivity index (χ0n) is 14.5. The molecule has 5 nitrogen and oxygen atoms in total. The van der Waals surface area contributed by atoms with Gasteiger partial charge in [-0.3, -0.25) is 4.98 Å². The van der Waals surface area contributed by atoms with Crippen molar-refractivity contribution in [3.63, 3.8) is 0 Å². The van der Waals surface area contributed by atoms with Gasteiger partial charge in [-0.1, -0.05) is 6.42 Å². The third kappa shape index (κ3) is 4.23. The topological polar surface area (TPSA) is 61.3 Å². The first-order valence-electron chi connectivity index (χ1n) is 8.68. The van der Waals surface area contributed by atoms with Crippen LogP contribution in [-0.2, 0) is 6.42 Å². The normalized spacial score (nSPS) is 17.7. The first-order valence-corrected chi connectivity index (χ1v) is 8.68. The Balaban J connectivity index is 1.77. The summed E-state index contributed by atoms with van der Waals surface area (Å²) in [5, 5.41) is 13.7. The van der Waals surface area contributed by atoms with E-state index in [9.17, 15) is 5.11 Å². The highest BCUT2D eigenvalue weighted by Crippen LogP contribution is 2.26. The minimum absolute atomic E-state index is 0.288. The zero-order valence-corrected chi connectivity index (χ0v) is 14.5. The van der Waals surface area contributed by atoms with Gasteiger partial charge in [0.2, 0.25) is 0 Å². The van der Waals surface area contributed by atoms with Gasteiger partial charge in [0.05, 0.1) is 18.1 Å². The first kappa shape index (κ1) is 16.7. The Morgan fingerprint density at radius 2 is 2.08 bits per heavy atom. The second kappa shape index (κ2) is 7.62. The average molecular weight is 326 g/mol. The molecule has 128 valence electrons. The van der Waals surface area contributed by atoms with Gasteiger partial charge in [0.15, 0.2) is 0 Å². The van der Waals surface area contributed by atoms with Crippen molar-refractivity contribution in [1.82, 2.24) is 15.3 Å². The lowest BCUT2D eigenvalue weighted by molar-refractivity contribution is 0.382. The van der Waals surface area contributed by atoms with Gasteiger partial charge < -0.3 is 15.3 Å². The van der Waals surface area contributed by atoms with Gasteiger partial charge in [-0.25, -0.2) is 4.98 Å². The molecule has 0 bridgehead atoms. The lowest BCUT2D eigenvalue weighted by atomic mass is 9.97. The molecule has 2 N–H and O–H groups in total. The SMILES string of the molecule is CN(C)c1cncc(-c2cc(O)cc(CC[C@H]3CCCCN3)c2)n1. The van der Waals surface area contributed by atoms with E-state index in [-0.39, 0.29) is 5.75 Å². The van der Waals surface area contributed by atoms with Crippen LogP contribution in [0.3, 0.4) is 0 Å². The van der Waals surface area contributed by atoms with Crippen molar-refractivity contribution in [2.45, 2.75) is 38.1 Å². The molecular weight excluding hydrogens is 300 g/mol. The summed E-state index contributed by atoms with van der Waals surface area (Å²) in [5.41, 5.74) is 2.85. The van der Waals surface area contributed by atoms with Crippen LogP contribution < -0.4 is 10.2 Å². The van der Waals surface area contributed by atoms with Crippen LogP contribution in [0.25, 0.3) is 11.3 Å². The molecule has 0 saturated carbocycles. The van der Waals surface area contributed by atoms with Crippen molar-refractivity contribution < 1.29 is 5.11 Å². The molecule has 1 aromatic heterocycles. The van der Waals surface area contributed by atoms with E-state index in [1.165, 1.54) is 19.3 Å². The van der Waals surface area contributed by atoms with Crippen LogP contribution in [0.15, 0.2) is 30.6 Å². The maximum Gasteiger partial charge on any atom is 0.147 e. The molecule has 1 aliphatic heterocycles. The first-order chi connectivity index (χ1) is 11.6. The number of piperidine rings is 1. The van der Waals surface area contributed by atoms with Gasteiger partial charge >= 0.3 is 0 Å². The van der Waals surface area contributed by atoms with Crippen molar-refractivity contribution in [3.8, 4) is 17.0 Å². The number of phenols is 1. The molecule has 1 aromatic carbocycles. The molecule has 2 heterocycles. The van der Waals surface area contributed by atoms with Crippen molar-refractivity contribution in [3.05, 3.63) is 36.2 Å². The standard InChI is InChI=1S/C19H26N4O/c1-23(2)19-13-20-12-18(22-19)15-9-14(10-17(24)11-15)6-7-16-5-3-4-8-21-16/h9-13,16,21,24H,3-8H2,1-2H3/t16-/m1/s1. The Hall–Kier alpha value is -2.14. The molecule has 0 amide bonds. The van der Waals surface area contributed by atoms with E-state index in [4.69, 9.17) is 0 Å². The number of nitrogens with one attached hydrogen (secondary N) is 1. The summed E-state index contributed by atoms with van der Waals surface area (Å²) in [4.78, 5) is 10.8. The molecule has 1 aliphatic rings. The van der Waals surface area contributed by atoms with Crippen LogP contribution in [0.1, 0.15) is 31.2 Å². The van der Waals surface area contributed by atoms with Crippen molar-refractivity contribution in [2.24, 2.45) is 0 Å². The number of rotatable bonds is 5. The molecule has 1 fully saturated rings. The molecule has 3 rings (SSSR count). The van der Waals surface area contributed by atoms with Gasteiger partial charge in [0, 0.05) is 25.7 Å². The van der Waals surface area contributed by atoms with Crippen LogP contribution in [0, 0.1) is 0 Å². The summed E-state index contributed by atoms with van der Waals surface area (Å²) >= 11 is 0. The van der Waals surface area contributed by atoms with E-state index in [2.05, 4.69) is 21.4 Å².